The van der Waals surface area contributed by atoms with Crippen molar-refractivity contribution >= 4 is 9.84 Å². The number of nitrogens with zero attached hydrogens (tertiary/aromatic N) is 1. The molecule has 0 N–H and O–H groups in total. The Labute approximate surface area is 102 Å². The molecule has 0 heterocycles. The average molecular weight is 251 g/mol. The number of rotatable bonds is 2. The standard InChI is InChI=1S/C13H17NO2S/c14-2-1-3-17(15,16)13-11-5-9-4-10(7-11)8-12(13)6-9/h1,3,9-13H,4-8H2/b3-1+. The zero-order valence-electron chi connectivity index (χ0n) is 9.75. The van der Waals surface area contributed by atoms with Gasteiger partial charge in [0.05, 0.1) is 11.3 Å². The number of hydrogen-bond donors (Lipinski definition) is 0. The first-order valence-corrected chi connectivity index (χ1v) is 8.01. The molecule has 4 aliphatic rings. The van der Waals surface area contributed by atoms with Gasteiger partial charge in [0.15, 0.2) is 9.84 Å². The van der Waals surface area contributed by atoms with Crippen molar-refractivity contribution in [2.45, 2.75) is 37.4 Å². The summed E-state index contributed by atoms with van der Waals surface area (Å²) >= 11 is 0. The van der Waals surface area contributed by atoms with Crippen molar-refractivity contribution in [2.24, 2.45) is 23.7 Å². The Balaban J connectivity index is 1.90. The molecule has 4 bridgehead atoms. The smallest absolute Gasteiger partial charge is 0.175 e. The molecule has 0 amide bonds. The third kappa shape index (κ3) is 1.81. The lowest BCUT2D eigenvalue weighted by atomic mass is 9.56. The van der Waals surface area contributed by atoms with Crippen LogP contribution in [-0.2, 0) is 9.84 Å². The van der Waals surface area contributed by atoms with Crippen LogP contribution in [0, 0.1) is 35.0 Å². The van der Waals surface area contributed by atoms with Crippen molar-refractivity contribution < 1.29 is 8.42 Å². The molecule has 92 valence electrons. The minimum absolute atomic E-state index is 0.195. The second-order valence-corrected chi connectivity index (χ2v) is 7.91. The predicted octanol–water partition coefficient (Wildman–Crippen LogP) is 2.26. The summed E-state index contributed by atoms with van der Waals surface area (Å²) in [6.45, 7) is 0. The Morgan fingerprint density at radius 1 is 1.00 bits per heavy atom. The third-order valence-electron chi connectivity index (χ3n) is 4.85. The lowest BCUT2D eigenvalue weighted by Gasteiger charge is -2.53. The maximum Gasteiger partial charge on any atom is 0.175 e. The Bertz CT molecular complexity index is 458. The van der Waals surface area contributed by atoms with Gasteiger partial charge in [-0.1, -0.05) is 0 Å². The number of nitriles is 1. The molecule has 0 spiro atoms. The predicted molar refractivity (Wildman–Crippen MR) is 64.5 cm³/mol. The first-order chi connectivity index (χ1) is 8.10. The SMILES string of the molecule is N#C/C=C/S(=O)(=O)C1C2CC3CC(C2)CC1C3. The van der Waals surface area contributed by atoms with Crippen LogP contribution < -0.4 is 0 Å². The summed E-state index contributed by atoms with van der Waals surface area (Å²) in [5, 5.41) is 9.42. The summed E-state index contributed by atoms with van der Waals surface area (Å²) < 4.78 is 24.5. The van der Waals surface area contributed by atoms with E-state index in [-0.39, 0.29) is 5.25 Å². The number of allylic oxidation sites excluding steroid dienone is 1. The van der Waals surface area contributed by atoms with E-state index < -0.39 is 9.84 Å². The summed E-state index contributed by atoms with van der Waals surface area (Å²) in [4.78, 5) is 0. The summed E-state index contributed by atoms with van der Waals surface area (Å²) in [6, 6.07) is 1.79. The van der Waals surface area contributed by atoms with Crippen molar-refractivity contribution in [3.63, 3.8) is 0 Å². The first kappa shape index (κ1) is 11.3. The molecule has 3 nitrogen and oxygen atoms in total. The fourth-order valence-electron chi connectivity index (χ4n) is 4.63. The monoisotopic (exact) mass is 251 g/mol. The van der Waals surface area contributed by atoms with E-state index in [0.29, 0.717) is 11.8 Å². The molecular weight excluding hydrogens is 234 g/mol. The first-order valence-electron chi connectivity index (χ1n) is 6.40. The van der Waals surface area contributed by atoms with Crippen LogP contribution in [0.25, 0.3) is 0 Å². The molecule has 0 unspecified atom stereocenters. The van der Waals surface area contributed by atoms with Crippen LogP contribution in [0.2, 0.25) is 0 Å². The van der Waals surface area contributed by atoms with Crippen LogP contribution in [0.5, 0.6) is 0 Å². The average Bonchev–Trinajstić information content (AvgIpc) is 2.24. The van der Waals surface area contributed by atoms with Gasteiger partial charge in [-0.2, -0.15) is 5.26 Å². The topological polar surface area (TPSA) is 57.9 Å². The molecule has 4 heteroatoms. The third-order valence-corrected chi connectivity index (χ3v) is 6.90. The van der Waals surface area contributed by atoms with E-state index in [1.165, 1.54) is 6.42 Å². The minimum Gasteiger partial charge on any atom is -0.224 e. The van der Waals surface area contributed by atoms with Gasteiger partial charge >= 0.3 is 0 Å². The van der Waals surface area contributed by atoms with E-state index in [9.17, 15) is 8.42 Å². The van der Waals surface area contributed by atoms with Gasteiger partial charge in [0.1, 0.15) is 0 Å². The van der Waals surface area contributed by atoms with Gasteiger partial charge in [0, 0.05) is 11.5 Å². The van der Waals surface area contributed by atoms with E-state index in [0.717, 1.165) is 49.0 Å². The van der Waals surface area contributed by atoms with Crippen LogP contribution in [0.1, 0.15) is 32.1 Å². The van der Waals surface area contributed by atoms with Crippen molar-refractivity contribution in [1.82, 2.24) is 0 Å². The maximum atomic E-state index is 12.2. The van der Waals surface area contributed by atoms with Crippen LogP contribution in [0.15, 0.2) is 11.5 Å². The second-order valence-electron chi connectivity index (χ2n) is 5.92. The van der Waals surface area contributed by atoms with E-state index in [2.05, 4.69) is 0 Å². The van der Waals surface area contributed by atoms with Crippen molar-refractivity contribution in [1.29, 1.82) is 5.26 Å². The summed E-state index contributed by atoms with van der Waals surface area (Å²) in [6.07, 6.45) is 6.82. The molecule has 4 rings (SSSR count). The molecule has 0 aromatic rings. The largest absolute Gasteiger partial charge is 0.224 e. The molecule has 0 aromatic heterocycles. The van der Waals surface area contributed by atoms with Crippen molar-refractivity contribution in [2.75, 3.05) is 0 Å². The zero-order chi connectivity index (χ0) is 12.0. The molecule has 4 aliphatic carbocycles. The lowest BCUT2D eigenvalue weighted by molar-refractivity contribution is 0.0241. The summed E-state index contributed by atoms with van der Waals surface area (Å²) in [7, 11) is -3.21. The molecule has 4 fully saturated rings. The maximum absolute atomic E-state index is 12.2. The normalized spacial score (nSPS) is 44.1. The van der Waals surface area contributed by atoms with E-state index >= 15 is 0 Å². The van der Waals surface area contributed by atoms with Gasteiger partial charge in [-0.3, -0.25) is 0 Å². The molecule has 0 radical (unpaired) electrons. The van der Waals surface area contributed by atoms with Crippen LogP contribution >= 0.6 is 0 Å². The molecule has 0 aliphatic heterocycles. The van der Waals surface area contributed by atoms with Crippen LogP contribution in [0.4, 0.5) is 0 Å². The van der Waals surface area contributed by atoms with Crippen LogP contribution in [-0.4, -0.2) is 13.7 Å². The molecular formula is C13H17NO2S. The van der Waals surface area contributed by atoms with Gasteiger partial charge in [-0.25, -0.2) is 8.42 Å². The highest BCUT2D eigenvalue weighted by Gasteiger charge is 2.52. The molecule has 0 saturated heterocycles. The Morgan fingerprint density at radius 3 is 2.00 bits per heavy atom. The highest BCUT2D eigenvalue weighted by molar-refractivity contribution is 7.94. The van der Waals surface area contributed by atoms with E-state index in [4.69, 9.17) is 5.26 Å². The molecule has 4 saturated carbocycles. The quantitative estimate of drug-likeness (QED) is 0.707. The van der Waals surface area contributed by atoms with Gasteiger partial charge in [-0.15, -0.1) is 0 Å². The number of sulfone groups is 1. The summed E-state index contributed by atoms with van der Waals surface area (Å²) in [5.41, 5.74) is 0. The Kier molecular flexibility index (Phi) is 2.55. The Morgan fingerprint density at radius 2 is 1.53 bits per heavy atom. The fourth-order valence-corrected chi connectivity index (χ4v) is 6.58. The lowest BCUT2D eigenvalue weighted by Crippen LogP contribution is -2.51. The highest BCUT2D eigenvalue weighted by atomic mass is 32.2. The Hall–Kier alpha value is -0.820. The van der Waals surface area contributed by atoms with Gasteiger partial charge in [0.25, 0.3) is 0 Å². The minimum atomic E-state index is -3.21. The van der Waals surface area contributed by atoms with Crippen molar-refractivity contribution in [3.05, 3.63) is 11.5 Å². The molecule has 0 atom stereocenters. The number of hydrogen-bond acceptors (Lipinski definition) is 3. The highest BCUT2D eigenvalue weighted by Crippen LogP contribution is 2.55. The van der Waals surface area contributed by atoms with Gasteiger partial charge in [0.2, 0.25) is 0 Å². The fraction of sp³-hybridized carbons (Fsp3) is 0.769. The van der Waals surface area contributed by atoms with E-state index in [1.807, 2.05) is 0 Å². The molecule has 17 heavy (non-hydrogen) atoms. The van der Waals surface area contributed by atoms with E-state index in [1.54, 1.807) is 6.07 Å². The van der Waals surface area contributed by atoms with Gasteiger partial charge < -0.3 is 0 Å². The zero-order valence-corrected chi connectivity index (χ0v) is 10.6. The summed E-state index contributed by atoms with van der Waals surface area (Å²) in [5.74, 6) is 2.28. The van der Waals surface area contributed by atoms with Gasteiger partial charge in [-0.05, 0) is 55.8 Å². The van der Waals surface area contributed by atoms with Crippen molar-refractivity contribution in [3.8, 4) is 6.07 Å². The molecule has 0 aromatic carbocycles. The van der Waals surface area contributed by atoms with Crippen LogP contribution in [0.3, 0.4) is 0 Å². The second kappa shape index (κ2) is 3.84.